The van der Waals surface area contributed by atoms with Gasteiger partial charge in [-0.05, 0) is 38.3 Å². The Balaban J connectivity index is 1.59. The molecule has 0 radical (unpaired) electrons. The number of pyridine rings is 1. The first-order valence-electron chi connectivity index (χ1n) is 8.38. The second-order valence-corrected chi connectivity index (χ2v) is 6.46. The summed E-state index contributed by atoms with van der Waals surface area (Å²) in [6, 6.07) is 3.95. The van der Waals surface area contributed by atoms with Crippen LogP contribution in [0.1, 0.15) is 44.3 Å². The lowest BCUT2D eigenvalue weighted by Crippen LogP contribution is -2.37. The molecule has 22 heavy (non-hydrogen) atoms. The zero-order valence-electron chi connectivity index (χ0n) is 13.0. The third-order valence-corrected chi connectivity index (χ3v) is 5.17. The summed E-state index contributed by atoms with van der Waals surface area (Å²) in [5.41, 5.74) is 1.92. The van der Waals surface area contributed by atoms with Gasteiger partial charge in [0.1, 0.15) is 11.3 Å². The lowest BCUT2D eigenvalue weighted by Gasteiger charge is -2.29. The second kappa shape index (κ2) is 5.38. The molecule has 5 nitrogen and oxygen atoms in total. The van der Waals surface area contributed by atoms with Crippen LogP contribution in [0.25, 0.3) is 11.2 Å². The highest BCUT2D eigenvalue weighted by Gasteiger charge is 2.35. The maximum atomic E-state index is 12.4. The fourth-order valence-electron chi connectivity index (χ4n) is 3.68. The van der Waals surface area contributed by atoms with Gasteiger partial charge in [0, 0.05) is 37.7 Å². The number of likely N-dealkylation sites (tertiary alicyclic amines) is 1. The fourth-order valence-corrected chi connectivity index (χ4v) is 3.68. The average Bonchev–Trinajstić information content (AvgIpc) is 3.09. The minimum atomic E-state index is 0.297. The van der Waals surface area contributed by atoms with Crippen molar-refractivity contribution in [2.45, 2.75) is 45.1 Å². The van der Waals surface area contributed by atoms with E-state index in [1.54, 1.807) is 0 Å². The van der Waals surface area contributed by atoms with Crippen LogP contribution < -0.4 is 0 Å². The van der Waals surface area contributed by atoms with E-state index in [9.17, 15) is 4.79 Å². The smallest absolute Gasteiger partial charge is 0.225 e. The monoisotopic (exact) mass is 298 g/mol. The molecule has 116 valence electrons. The van der Waals surface area contributed by atoms with Crippen molar-refractivity contribution in [1.82, 2.24) is 19.4 Å². The number of aryl methyl sites for hydroxylation is 1. The van der Waals surface area contributed by atoms with Crippen molar-refractivity contribution in [2.24, 2.45) is 5.92 Å². The first kappa shape index (κ1) is 13.7. The molecule has 2 aliphatic rings. The first-order chi connectivity index (χ1) is 10.8. The minimum Gasteiger partial charge on any atom is -0.342 e. The third kappa shape index (κ3) is 2.11. The number of hydrogen-bond donors (Lipinski definition) is 0. The Morgan fingerprint density at radius 1 is 1.36 bits per heavy atom. The molecule has 1 aliphatic heterocycles. The number of fused-ring (bicyclic) bond motifs is 1. The zero-order chi connectivity index (χ0) is 15.1. The second-order valence-electron chi connectivity index (χ2n) is 6.46. The van der Waals surface area contributed by atoms with Crippen molar-refractivity contribution in [3.8, 4) is 0 Å². The lowest BCUT2D eigenvalue weighted by molar-refractivity contribution is -0.137. The van der Waals surface area contributed by atoms with Gasteiger partial charge in [-0.3, -0.25) is 4.79 Å². The van der Waals surface area contributed by atoms with Crippen LogP contribution in [-0.4, -0.2) is 38.4 Å². The molecule has 5 heteroatoms. The Hall–Kier alpha value is -1.91. The van der Waals surface area contributed by atoms with Gasteiger partial charge in [-0.25, -0.2) is 9.97 Å². The van der Waals surface area contributed by atoms with Crippen LogP contribution in [0, 0.1) is 5.92 Å². The van der Waals surface area contributed by atoms with Gasteiger partial charge in [-0.15, -0.1) is 0 Å². The maximum Gasteiger partial charge on any atom is 0.225 e. The molecule has 1 saturated carbocycles. The minimum absolute atomic E-state index is 0.297. The maximum absolute atomic E-state index is 12.4. The van der Waals surface area contributed by atoms with Gasteiger partial charge in [-0.2, -0.15) is 0 Å². The quantitative estimate of drug-likeness (QED) is 0.875. The Kier molecular flexibility index (Phi) is 3.36. The summed E-state index contributed by atoms with van der Waals surface area (Å²) >= 11 is 0. The number of carbonyl (C=O) groups excluding carboxylic acids is 1. The van der Waals surface area contributed by atoms with Gasteiger partial charge in [0.15, 0.2) is 5.65 Å². The zero-order valence-corrected chi connectivity index (χ0v) is 13.0. The van der Waals surface area contributed by atoms with Gasteiger partial charge >= 0.3 is 0 Å². The van der Waals surface area contributed by atoms with E-state index in [4.69, 9.17) is 4.98 Å². The first-order valence-corrected chi connectivity index (χ1v) is 8.38. The van der Waals surface area contributed by atoms with Gasteiger partial charge in [0.25, 0.3) is 0 Å². The van der Waals surface area contributed by atoms with E-state index in [2.05, 4.69) is 21.4 Å². The summed E-state index contributed by atoms with van der Waals surface area (Å²) in [6.07, 6.45) is 6.21. The van der Waals surface area contributed by atoms with Crippen LogP contribution in [0.15, 0.2) is 18.3 Å². The van der Waals surface area contributed by atoms with Crippen molar-refractivity contribution >= 4 is 17.1 Å². The Bertz CT molecular complexity index is 704. The molecular weight excluding hydrogens is 276 g/mol. The van der Waals surface area contributed by atoms with E-state index in [0.29, 0.717) is 17.7 Å². The molecule has 2 aromatic heterocycles. The normalized spacial score (nSPS) is 22.2. The Morgan fingerprint density at radius 3 is 2.95 bits per heavy atom. The molecule has 0 bridgehead atoms. The topological polar surface area (TPSA) is 51.0 Å². The van der Waals surface area contributed by atoms with Gasteiger partial charge in [0.05, 0.1) is 0 Å². The number of rotatable bonds is 3. The predicted molar refractivity (Wildman–Crippen MR) is 84.5 cm³/mol. The largest absolute Gasteiger partial charge is 0.342 e. The molecule has 1 saturated heterocycles. The highest BCUT2D eigenvalue weighted by Crippen LogP contribution is 2.33. The Labute approximate surface area is 130 Å². The molecule has 0 spiro atoms. The number of nitrogens with zero attached hydrogens (tertiary/aromatic N) is 4. The van der Waals surface area contributed by atoms with Crippen LogP contribution in [-0.2, 0) is 11.3 Å². The summed E-state index contributed by atoms with van der Waals surface area (Å²) < 4.78 is 2.21. The standard InChI is InChI=1S/C17H22N4O/c1-2-21-15(19-14-7-4-9-18-16(14)21)13-8-10-20(11-13)17(22)12-5-3-6-12/h4,7,9,12-13H,2-3,5-6,8,10-11H2,1H3/t13-/m0/s1. The summed E-state index contributed by atoms with van der Waals surface area (Å²) in [5, 5.41) is 0. The van der Waals surface area contributed by atoms with E-state index < -0.39 is 0 Å². The predicted octanol–water partition coefficient (Wildman–Crippen LogP) is 2.57. The summed E-state index contributed by atoms with van der Waals surface area (Å²) in [7, 11) is 0. The number of amides is 1. The number of aromatic nitrogens is 3. The molecule has 4 rings (SSSR count). The van der Waals surface area contributed by atoms with Crippen molar-refractivity contribution < 1.29 is 4.79 Å². The van der Waals surface area contributed by atoms with E-state index in [-0.39, 0.29) is 0 Å². The van der Waals surface area contributed by atoms with Gasteiger partial charge in [0.2, 0.25) is 5.91 Å². The van der Waals surface area contributed by atoms with Gasteiger partial charge in [-0.1, -0.05) is 6.42 Å². The molecule has 1 atom stereocenters. The molecule has 0 N–H and O–H groups in total. The summed E-state index contributed by atoms with van der Waals surface area (Å²) in [6.45, 7) is 4.69. The lowest BCUT2D eigenvalue weighted by atomic mass is 9.84. The van der Waals surface area contributed by atoms with Crippen LogP contribution in [0.3, 0.4) is 0 Å². The van der Waals surface area contributed by atoms with Crippen molar-refractivity contribution in [3.05, 3.63) is 24.2 Å². The fraction of sp³-hybridized carbons (Fsp3) is 0.588. The van der Waals surface area contributed by atoms with Crippen LogP contribution in [0.2, 0.25) is 0 Å². The average molecular weight is 298 g/mol. The van der Waals surface area contributed by atoms with E-state index >= 15 is 0 Å². The molecular formula is C17H22N4O. The van der Waals surface area contributed by atoms with Crippen molar-refractivity contribution in [3.63, 3.8) is 0 Å². The van der Waals surface area contributed by atoms with Crippen LogP contribution in [0.5, 0.6) is 0 Å². The number of carbonyl (C=O) groups is 1. The highest BCUT2D eigenvalue weighted by molar-refractivity contribution is 5.80. The highest BCUT2D eigenvalue weighted by atomic mass is 16.2. The molecule has 1 aliphatic carbocycles. The van der Waals surface area contributed by atoms with Crippen LogP contribution >= 0.6 is 0 Å². The van der Waals surface area contributed by atoms with E-state index in [0.717, 1.165) is 55.9 Å². The summed E-state index contributed by atoms with van der Waals surface area (Å²) in [4.78, 5) is 23.7. The van der Waals surface area contributed by atoms with E-state index in [1.807, 2.05) is 18.3 Å². The molecule has 0 aromatic carbocycles. The van der Waals surface area contributed by atoms with Crippen molar-refractivity contribution in [1.29, 1.82) is 0 Å². The third-order valence-electron chi connectivity index (χ3n) is 5.17. The SMILES string of the molecule is CCn1c([C@H]2CCN(C(=O)C3CCC3)C2)nc2cccnc21. The molecule has 2 aromatic rings. The number of imidazole rings is 1. The Morgan fingerprint density at radius 2 is 2.23 bits per heavy atom. The molecule has 3 heterocycles. The number of hydrogen-bond acceptors (Lipinski definition) is 3. The van der Waals surface area contributed by atoms with E-state index in [1.165, 1.54) is 6.42 Å². The van der Waals surface area contributed by atoms with Crippen molar-refractivity contribution in [2.75, 3.05) is 13.1 Å². The molecule has 2 fully saturated rings. The van der Waals surface area contributed by atoms with Crippen LogP contribution in [0.4, 0.5) is 0 Å². The molecule has 1 amide bonds. The molecule has 0 unspecified atom stereocenters. The summed E-state index contributed by atoms with van der Waals surface area (Å²) in [5.74, 6) is 2.11. The van der Waals surface area contributed by atoms with Gasteiger partial charge < -0.3 is 9.47 Å².